The average molecular weight is 371 g/mol. The molecule has 0 spiro atoms. The molecule has 0 aromatic heterocycles. The highest BCUT2D eigenvalue weighted by Gasteiger charge is 2.18. The fraction of sp³-hybridized carbons (Fsp3) is 0.333. The van der Waals surface area contributed by atoms with Crippen molar-refractivity contribution in [1.29, 1.82) is 0 Å². The molecule has 0 heterocycles. The summed E-state index contributed by atoms with van der Waals surface area (Å²) in [6, 6.07) is 14.4. The molecule has 0 saturated heterocycles. The quantitative estimate of drug-likeness (QED) is 0.683. The third-order valence-corrected chi connectivity index (χ3v) is 4.08. The van der Waals surface area contributed by atoms with Gasteiger partial charge in [-0.15, -0.1) is 0 Å². The van der Waals surface area contributed by atoms with Gasteiger partial charge in [0.25, 0.3) is 5.91 Å². The molecular weight excluding hydrogens is 346 g/mol. The SMILES string of the molecule is CCC[C@H](NC(=O)COC(=O)c1cc(OC)ccc1OC)c1ccccc1. The molecule has 0 unspecified atom stereocenters. The summed E-state index contributed by atoms with van der Waals surface area (Å²) < 4.78 is 15.4. The number of esters is 1. The van der Waals surface area contributed by atoms with E-state index in [0.29, 0.717) is 11.5 Å². The standard InChI is InChI=1S/C21H25NO5/c1-4-8-18(15-9-6-5-7-10-15)22-20(23)14-27-21(24)17-13-16(25-2)11-12-19(17)26-3/h5-7,9-13,18H,4,8,14H2,1-3H3,(H,22,23)/t18-/m0/s1. The van der Waals surface area contributed by atoms with Gasteiger partial charge in [0, 0.05) is 0 Å². The summed E-state index contributed by atoms with van der Waals surface area (Å²) in [5.74, 6) is -0.145. The van der Waals surface area contributed by atoms with Crippen molar-refractivity contribution in [2.75, 3.05) is 20.8 Å². The van der Waals surface area contributed by atoms with E-state index in [2.05, 4.69) is 12.2 Å². The Bertz CT molecular complexity index is 760. The molecule has 1 amide bonds. The van der Waals surface area contributed by atoms with Gasteiger partial charge in [-0.25, -0.2) is 4.79 Å². The topological polar surface area (TPSA) is 73.9 Å². The lowest BCUT2D eigenvalue weighted by molar-refractivity contribution is -0.125. The first-order chi connectivity index (χ1) is 13.1. The minimum atomic E-state index is -0.646. The third-order valence-electron chi connectivity index (χ3n) is 4.08. The van der Waals surface area contributed by atoms with Gasteiger partial charge in [-0.2, -0.15) is 0 Å². The zero-order valence-electron chi connectivity index (χ0n) is 15.9. The second-order valence-corrected chi connectivity index (χ2v) is 5.96. The molecule has 0 saturated carbocycles. The van der Waals surface area contributed by atoms with Crippen molar-refractivity contribution in [1.82, 2.24) is 5.32 Å². The maximum absolute atomic E-state index is 12.3. The minimum Gasteiger partial charge on any atom is -0.497 e. The largest absolute Gasteiger partial charge is 0.497 e. The summed E-state index contributed by atoms with van der Waals surface area (Å²) in [7, 11) is 2.96. The molecule has 0 aliphatic carbocycles. The molecular formula is C21H25NO5. The highest BCUT2D eigenvalue weighted by Crippen LogP contribution is 2.24. The summed E-state index contributed by atoms with van der Waals surface area (Å²) in [5, 5.41) is 2.92. The van der Waals surface area contributed by atoms with Gasteiger partial charge in [0.15, 0.2) is 6.61 Å². The zero-order valence-corrected chi connectivity index (χ0v) is 15.9. The number of nitrogens with one attached hydrogen (secondary N) is 1. The van der Waals surface area contributed by atoms with Crippen molar-refractivity contribution in [3.63, 3.8) is 0 Å². The summed E-state index contributed by atoms with van der Waals surface area (Å²) >= 11 is 0. The van der Waals surface area contributed by atoms with Gasteiger partial charge in [-0.3, -0.25) is 4.79 Å². The highest BCUT2D eigenvalue weighted by molar-refractivity contribution is 5.94. The van der Waals surface area contributed by atoms with E-state index in [4.69, 9.17) is 14.2 Å². The van der Waals surface area contributed by atoms with Crippen molar-refractivity contribution >= 4 is 11.9 Å². The smallest absolute Gasteiger partial charge is 0.342 e. The minimum absolute atomic E-state index is 0.117. The number of benzene rings is 2. The van der Waals surface area contributed by atoms with E-state index >= 15 is 0 Å². The van der Waals surface area contributed by atoms with E-state index in [1.165, 1.54) is 20.3 Å². The van der Waals surface area contributed by atoms with E-state index in [9.17, 15) is 9.59 Å². The first-order valence-electron chi connectivity index (χ1n) is 8.82. The number of hydrogen-bond donors (Lipinski definition) is 1. The number of ether oxygens (including phenoxy) is 3. The normalized spacial score (nSPS) is 11.4. The fourth-order valence-corrected chi connectivity index (χ4v) is 2.71. The van der Waals surface area contributed by atoms with Crippen LogP contribution in [0, 0.1) is 0 Å². The summed E-state index contributed by atoms with van der Waals surface area (Å²) in [4.78, 5) is 24.6. The Morgan fingerprint density at radius 3 is 2.41 bits per heavy atom. The number of amides is 1. The van der Waals surface area contributed by atoms with Crippen LogP contribution in [0.3, 0.4) is 0 Å². The Kier molecular flexibility index (Phi) is 7.67. The van der Waals surface area contributed by atoms with E-state index in [1.54, 1.807) is 12.1 Å². The molecule has 2 aromatic carbocycles. The molecule has 144 valence electrons. The molecule has 2 rings (SSSR count). The zero-order chi connectivity index (χ0) is 19.6. The molecule has 2 aromatic rings. The molecule has 6 heteroatoms. The number of hydrogen-bond acceptors (Lipinski definition) is 5. The van der Waals surface area contributed by atoms with Gasteiger partial charge in [-0.05, 0) is 30.2 Å². The maximum atomic E-state index is 12.3. The van der Waals surface area contributed by atoms with E-state index < -0.39 is 5.97 Å². The number of methoxy groups -OCH3 is 2. The van der Waals surface area contributed by atoms with Crippen LogP contribution in [0.25, 0.3) is 0 Å². The molecule has 0 fully saturated rings. The average Bonchev–Trinajstić information content (AvgIpc) is 2.71. The van der Waals surface area contributed by atoms with E-state index in [-0.39, 0.29) is 24.1 Å². The van der Waals surface area contributed by atoms with Gasteiger partial charge >= 0.3 is 5.97 Å². The van der Waals surface area contributed by atoms with Crippen LogP contribution in [0.2, 0.25) is 0 Å². The van der Waals surface area contributed by atoms with Gasteiger partial charge in [0.2, 0.25) is 0 Å². The lowest BCUT2D eigenvalue weighted by atomic mass is 10.0. The van der Waals surface area contributed by atoms with Crippen LogP contribution >= 0.6 is 0 Å². The number of rotatable bonds is 9. The Hall–Kier alpha value is -3.02. The lowest BCUT2D eigenvalue weighted by Crippen LogP contribution is -2.32. The summed E-state index contributed by atoms with van der Waals surface area (Å²) in [6.07, 6.45) is 1.72. The van der Waals surface area contributed by atoms with Gasteiger partial charge < -0.3 is 19.5 Å². The fourth-order valence-electron chi connectivity index (χ4n) is 2.71. The lowest BCUT2D eigenvalue weighted by Gasteiger charge is -2.18. The van der Waals surface area contributed by atoms with Crippen molar-refractivity contribution < 1.29 is 23.8 Å². The predicted octanol–water partition coefficient (Wildman–Crippen LogP) is 3.52. The first-order valence-corrected chi connectivity index (χ1v) is 8.82. The monoisotopic (exact) mass is 371 g/mol. The Morgan fingerprint density at radius 1 is 1.04 bits per heavy atom. The van der Waals surface area contributed by atoms with Crippen LogP contribution in [0.5, 0.6) is 11.5 Å². The van der Waals surface area contributed by atoms with E-state index in [0.717, 1.165) is 18.4 Å². The molecule has 1 N–H and O–H groups in total. The van der Waals surface area contributed by atoms with Crippen molar-refractivity contribution in [3.8, 4) is 11.5 Å². The van der Waals surface area contributed by atoms with Gasteiger partial charge in [0.1, 0.15) is 17.1 Å². The molecule has 0 radical (unpaired) electrons. The second kappa shape index (κ2) is 10.2. The molecule has 0 bridgehead atoms. The van der Waals surface area contributed by atoms with Crippen molar-refractivity contribution in [2.45, 2.75) is 25.8 Å². The van der Waals surface area contributed by atoms with Crippen molar-refractivity contribution in [3.05, 3.63) is 59.7 Å². The predicted molar refractivity (Wildman–Crippen MR) is 102 cm³/mol. The van der Waals surface area contributed by atoms with Gasteiger partial charge in [0.05, 0.1) is 20.3 Å². The summed E-state index contributed by atoms with van der Waals surface area (Å²) in [5.41, 5.74) is 1.23. The summed E-state index contributed by atoms with van der Waals surface area (Å²) in [6.45, 7) is 1.68. The van der Waals surface area contributed by atoms with Crippen LogP contribution in [0.4, 0.5) is 0 Å². The molecule has 6 nitrogen and oxygen atoms in total. The van der Waals surface area contributed by atoms with Crippen LogP contribution < -0.4 is 14.8 Å². The number of carbonyl (C=O) groups is 2. The van der Waals surface area contributed by atoms with Crippen LogP contribution in [-0.4, -0.2) is 32.7 Å². The van der Waals surface area contributed by atoms with E-state index in [1.807, 2.05) is 30.3 Å². The Morgan fingerprint density at radius 2 is 1.78 bits per heavy atom. The third kappa shape index (κ3) is 5.74. The number of carbonyl (C=O) groups excluding carboxylic acids is 2. The van der Waals surface area contributed by atoms with Gasteiger partial charge in [-0.1, -0.05) is 43.7 Å². The molecule has 1 atom stereocenters. The highest BCUT2D eigenvalue weighted by atomic mass is 16.5. The van der Waals surface area contributed by atoms with Crippen LogP contribution in [-0.2, 0) is 9.53 Å². The maximum Gasteiger partial charge on any atom is 0.342 e. The van der Waals surface area contributed by atoms with Crippen molar-refractivity contribution in [2.24, 2.45) is 0 Å². The Labute approximate surface area is 159 Å². The molecule has 27 heavy (non-hydrogen) atoms. The molecule has 0 aliphatic rings. The van der Waals surface area contributed by atoms with Crippen LogP contribution in [0.1, 0.15) is 41.7 Å². The van der Waals surface area contributed by atoms with Crippen LogP contribution in [0.15, 0.2) is 48.5 Å². The Balaban J connectivity index is 1.99. The molecule has 0 aliphatic heterocycles. The first kappa shape index (κ1) is 20.3. The second-order valence-electron chi connectivity index (χ2n) is 5.96.